The smallest absolute Gasteiger partial charge is 0.308 e. The molecule has 0 saturated heterocycles. The first-order valence-electron chi connectivity index (χ1n) is 11.2. The summed E-state index contributed by atoms with van der Waals surface area (Å²) in [5.74, 6) is 0.0938. The summed E-state index contributed by atoms with van der Waals surface area (Å²) in [6.07, 6.45) is 14.4. The maximum absolute atomic E-state index is 11.2. The van der Waals surface area contributed by atoms with Crippen LogP contribution in [0.1, 0.15) is 96.5 Å². The van der Waals surface area contributed by atoms with Gasteiger partial charge in [0, 0.05) is 25.0 Å². The molecule has 1 aromatic rings. The second kappa shape index (κ2) is 15.1. The predicted molar refractivity (Wildman–Crippen MR) is 117 cm³/mol. The van der Waals surface area contributed by atoms with Crippen molar-refractivity contribution in [2.75, 3.05) is 7.11 Å². The maximum atomic E-state index is 11.2. The Morgan fingerprint density at radius 3 is 2.03 bits per heavy atom. The summed E-state index contributed by atoms with van der Waals surface area (Å²) in [6.45, 7) is 3.57. The number of carbonyl (C=O) groups excluding carboxylic acids is 1. The van der Waals surface area contributed by atoms with Crippen LogP contribution in [0.25, 0.3) is 0 Å². The van der Waals surface area contributed by atoms with Gasteiger partial charge in [0.2, 0.25) is 0 Å². The molecule has 0 aliphatic rings. The normalized spacial score (nSPS) is 12.0. The Labute approximate surface area is 176 Å². The summed E-state index contributed by atoms with van der Waals surface area (Å²) < 4.78 is 10.2. The van der Waals surface area contributed by atoms with Crippen LogP contribution in [0.15, 0.2) is 12.1 Å². The van der Waals surface area contributed by atoms with E-state index in [1.807, 2.05) is 0 Å². The van der Waals surface area contributed by atoms with Crippen LogP contribution in [0.3, 0.4) is 0 Å². The quantitative estimate of drug-likeness (QED) is 0.201. The second-order valence-electron chi connectivity index (χ2n) is 7.91. The van der Waals surface area contributed by atoms with E-state index in [1.54, 1.807) is 6.07 Å². The molecule has 29 heavy (non-hydrogen) atoms. The number of ether oxygens (including phenoxy) is 2. The Balaban J connectivity index is 2.27. The van der Waals surface area contributed by atoms with Gasteiger partial charge in [0.25, 0.3) is 0 Å². The zero-order valence-electron chi connectivity index (χ0n) is 18.5. The van der Waals surface area contributed by atoms with E-state index >= 15 is 0 Å². The molecule has 0 aromatic heterocycles. The van der Waals surface area contributed by atoms with Crippen molar-refractivity contribution < 1.29 is 24.5 Å². The van der Waals surface area contributed by atoms with Crippen molar-refractivity contribution in [1.29, 1.82) is 0 Å². The molecule has 2 N–H and O–H groups in total. The van der Waals surface area contributed by atoms with E-state index in [-0.39, 0.29) is 11.5 Å². The minimum absolute atomic E-state index is 0.0126. The van der Waals surface area contributed by atoms with E-state index in [0.29, 0.717) is 24.2 Å². The van der Waals surface area contributed by atoms with Gasteiger partial charge in [-0.1, -0.05) is 77.6 Å². The van der Waals surface area contributed by atoms with Gasteiger partial charge in [0.15, 0.2) is 11.5 Å². The summed E-state index contributed by atoms with van der Waals surface area (Å²) in [7, 11) is 1.44. The molecule has 5 heteroatoms. The van der Waals surface area contributed by atoms with Crippen LogP contribution in [0.5, 0.6) is 17.2 Å². The number of hydrogen-bond donors (Lipinski definition) is 2. The Morgan fingerprint density at radius 1 is 0.966 bits per heavy atom. The first-order valence-corrected chi connectivity index (χ1v) is 11.2. The molecule has 0 fully saturated rings. The molecular formula is C24H40O5. The summed E-state index contributed by atoms with van der Waals surface area (Å²) in [6, 6.07) is 3.05. The topological polar surface area (TPSA) is 76.0 Å². The van der Waals surface area contributed by atoms with Crippen molar-refractivity contribution in [3.63, 3.8) is 0 Å². The van der Waals surface area contributed by atoms with Crippen LogP contribution >= 0.6 is 0 Å². The van der Waals surface area contributed by atoms with Crippen LogP contribution < -0.4 is 9.47 Å². The number of hydrogen-bond acceptors (Lipinski definition) is 5. The third kappa shape index (κ3) is 11.1. The molecule has 1 atom stereocenters. The third-order valence-corrected chi connectivity index (χ3v) is 5.21. The Hall–Kier alpha value is -1.75. The molecule has 1 rings (SSSR count). The van der Waals surface area contributed by atoms with Crippen LogP contribution in [-0.4, -0.2) is 29.4 Å². The fourth-order valence-corrected chi connectivity index (χ4v) is 3.57. The molecular weight excluding hydrogens is 368 g/mol. The number of aliphatic hydroxyl groups excluding tert-OH is 1. The van der Waals surface area contributed by atoms with E-state index in [1.165, 1.54) is 77.9 Å². The van der Waals surface area contributed by atoms with E-state index in [4.69, 9.17) is 9.47 Å². The molecule has 0 bridgehead atoms. The fourth-order valence-electron chi connectivity index (χ4n) is 3.57. The van der Waals surface area contributed by atoms with Gasteiger partial charge in [-0.15, -0.1) is 0 Å². The fraction of sp³-hybridized carbons (Fsp3) is 0.708. The van der Waals surface area contributed by atoms with Crippen molar-refractivity contribution in [3.05, 3.63) is 17.7 Å². The van der Waals surface area contributed by atoms with Crippen LogP contribution in [-0.2, 0) is 11.2 Å². The van der Waals surface area contributed by atoms with E-state index in [0.717, 1.165) is 12.8 Å². The number of phenolic OH excluding ortho intramolecular Hbond substituents is 1. The molecule has 1 aromatic carbocycles. The highest BCUT2D eigenvalue weighted by molar-refractivity contribution is 5.70. The van der Waals surface area contributed by atoms with Gasteiger partial charge in [-0.2, -0.15) is 0 Å². The SMILES string of the molecule is CCCCCCCCCCCCCC(O)Cc1cc(OC(C)=O)cc(OC)c1O. The molecule has 0 radical (unpaired) electrons. The largest absolute Gasteiger partial charge is 0.504 e. The van der Waals surface area contributed by atoms with Gasteiger partial charge in [-0.3, -0.25) is 4.79 Å². The Kier molecular flexibility index (Phi) is 13.2. The number of phenols is 1. The minimum atomic E-state index is -0.545. The van der Waals surface area contributed by atoms with Crippen molar-refractivity contribution >= 4 is 5.97 Å². The summed E-state index contributed by atoms with van der Waals surface area (Å²) in [5, 5.41) is 20.6. The zero-order chi connectivity index (χ0) is 21.5. The molecule has 0 saturated carbocycles. The summed E-state index contributed by atoms with van der Waals surface area (Å²) >= 11 is 0. The van der Waals surface area contributed by atoms with Gasteiger partial charge in [0.05, 0.1) is 13.2 Å². The van der Waals surface area contributed by atoms with Gasteiger partial charge in [0.1, 0.15) is 5.75 Å². The van der Waals surface area contributed by atoms with Crippen molar-refractivity contribution in [2.45, 2.75) is 103 Å². The molecule has 0 aliphatic heterocycles. The van der Waals surface area contributed by atoms with Crippen molar-refractivity contribution in [2.24, 2.45) is 0 Å². The molecule has 5 nitrogen and oxygen atoms in total. The number of aliphatic hydroxyl groups is 1. The van der Waals surface area contributed by atoms with Gasteiger partial charge in [-0.05, 0) is 12.5 Å². The number of benzene rings is 1. The average molecular weight is 409 g/mol. The molecule has 1 unspecified atom stereocenters. The lowest BCUT2D eigenvalue weighted by Gasteiger charge is -2.15. The number of unbranched alkanes of at least 4 members (excludes halogenated alkanes) is 10. The standard InChI is InChI=1S/C24H40O5/c1-4-5-6-7-8-9-10-11-12-13-14-15-21(26)16-20-17-22(29-19(2)25)18-23(28-3)24(20)27/h17-18,21,26-27H,4-16H2,1-3H3. The molecule has 0 amide bonds. The summed E-state index contributed by atoms with van der Waals surface area (Å²) in [5.41, 5.74) is 0.524. The first kappa shape index (κ1) is 25.3. The van der Waals surface area contributed by atoms with Gasteiger partial charge >= 0.3 is 5.97 Å². The monoisotopic (exact) mass is 408 g/mol. The van der Waals surface area contributed by atoms with Gasteiger partial charge in [-0.25, -0.2) is 0 Å². The Morgan fingerprint density at radius 2 is 1.52 bits per heavy atom. The van der Waals surface area contributed by atoms with Crippen LogP contribution in [0.4, 0.5) is 0 Å². The van der Waals surface area contributed by atoms with Crippen LogP contribution in [0.2, 0.25) is 0 Å². The number of methoxy groups -OCH3 is 1. The number of aromatic hydroxyl groups is 1. The highest BCUT2D eigenvalue weighted by atomic mass is 16.5. The number of rotatable bonds is 16. The Bertz CT molecular complexity index is 585. The predicted octanol–water partition coefficient (Wildman–Crippen LogP) is 5.93. The molecule has 166 valence electrons. The third-order valence-electron chi connectivity index (χ3n) is 5.21. The highest BCUT2D eigenvalue weighted by Crippen LogP contribution is 2.35. The lowest BCUT2D eigenvalue weighted by molar-refractivity contribution is -0.131. The first-order chi connectivity index (χ1) is 14.0. The summed E-state index contributed by atoms with van der Waals surface area (Å²) in [4.78, 5) is 11.2. The molecule has 0 heterocycles. The lowest BCUT2D eigenvalue weighted by Crippen LogP contribution is -2.11. The average Bonchev–Trinajstić information content (AvgIpc) is 2.68. The minimum Gasteiger partial charge on any atom is -0.504 e. The second-order valence-corrected chi connectivity index (χ2v) is 7.91. The van der Waals surface area contributed by atoms with Crippen LogP contribution in [0, 0.1) is 0 Å². The zero-order valence-corrected chi connectivity index (χ0v) is 18.5. The van der Waals surface area contributed by atoms with E-state index in [9.17, 15) is 15.0 Å². The molecule has 0 spiro atoms. The van der Waals surface area contributed by atoms with Gasteiger partial charge < -0.3 is 19.7 Å². The maximum Gasteiger partial charge on any atom is 0.308 e. The number of carbonyl (C=O) groups is 1. The van der Waals surface area contributed by atoms with Crippen molar-refractivity contribution in [1.82, 2.24) is 0 Å². The lowest BCUT2D eigenvalue weighted by atomic mass is 10.00. The number of esters is 1. The van der Waals surface area contributed by atoms with E-state index < -0.39 is 12.1 Å². The highest BCUT2D eigenvalue weighted by Gasteiger charge is 2.16. The van der Waals surface area contributed by atoms with Crippen molar-refractivity contribution in [3.8, 4) is 17.2 Å². The van der Waals surface area contributed by atoms with E-state index in [2.05, 4.69) is 6.92 Å². The molecule has 0 aliphatic carbocycles.